The number of fused-ring (bicyclic) bond motifs is 1. The zero-order valence-corrected chi connectivity index (χ0v) is 17.2. The largest absolute Gasteiger partial charge is 0.497 e. The van der Waals surface area contributed by atoms with Crippen molar-refractivity contribution in [3.63, 3.8) is 0 Å². The van der Waals surface area contributed by atoms with Crippen LogP contribution in [0.1, 0.15) is 27.8 Å². The minimum atomic E-state index is -0.972. The molecule has 4 aromatic rings. The van der Waals surface area contributed by atoms with Gasteiger partial charge in [0.15, 0.2) is 0 Å². The fourth-order valence-electron chi connectivity index (χ4n) is 3.32. The first kappa shape index (κ1) is 20.2. The van der Waals surface area contributed by atoms with E-state index in [9.17, 15) is 4.79 Å². The third-order valence-electron chi connectivity index (χ3n) is 5.05. The normalized spacial score (nSPS) is 12.2. The Balaban J connectivity index is 1.66. The number of carboxylic acids is 1. The molecule has 0 saturated heterocycles. The number of imidazole rings is 1. The van der Waals surface area contributed by atoms with Gasteiger partial charge in [0, 0.05) is 7.05 Å². The molecule has 156 valence electrons. The third-order valence-corrected chi connectivity index (χ3v) is 5.05. The SMILES string of the molecule is COc1ccc(C(C=Cc2nc3ccccc3n2C)Oc2ccc(C(=O)O)cc2)cc1. The lowest BCUT2D eigenvalue weighted by Gasteiger charge is -2.17. The number of nitrogens with zero attached hydrogens (tertiary/aromatic N) is 2. The van der Waals surface area contributed by atoms with E-state index in [2.05, 4.69) is 4.98 Å². The number of hydrogen-bond donors (Lipinski definition) is 1. The number of rotatable bonds is 7. The highest BCUT2D eigenvalue weighted by molar-refractivity contribution is 5.87. The van der Waals surface area contributed by atoms with Gasteiger partial charge in [0.25, 0.3) is 0 Å². The third kappa shape index (κ3) is 4.43. The summed E-state index contributed by atoms with van der Waals surface area (Å²) >= 11 is 0. The van der Waals surface area contributed by atoms with Crippen LogP contribution in [0, 0.1) is 0 Å². The molecule has 3 aromatic carbocycles. The van der Waals surface area contributed by atoms with Crippen LogP contribution in [0.2, 0.25) is 0 Å². The Morgan fingerprint density at radius 3 is 2.32 bits per heavy atom. The first-order valence-electron chi connectivity index (χ1n) is 9.79. The fraction of sp³-hybridized carbons (Fsp3) is 0.120. The Labute approximate surface area is 180 Å². The van der Waals surface area contributed by atoms with Crippen LogP contribution in [-0.4, -0.2) is 27.7 Å². The number of carbonyl (C=O) groups is 1. The van der Waals surface area contributed by atoms with Gasteiger partial charge in [-0.15, -0.1) is 0 Å². The van der Waals surface area contributed by atoms with E-state index in [1.807, 2.05) is 72.3 Å². The van der Waals surface area contributed by atoms with Crippen LogP contribution >= 0.6 is 0 Å². The van der Waals surface area contributed by atoms with E-state index in [1.165, 1.54) is 12.1 Å². The van der Waals surface area contributed by atoms with E-state index in [0.717, 1.165) is 28.2 Å². The molecule has 0 aliphatic heterocycles. The van der Waals surface area contributed by atoms with E-state index in [4.69, 9.17) is 14.6 Å². The Morgan fingerprint density at radius 1 is 1.00 bits per heavy atom. The molecule has 0 bridgehead atoms. The van der Waals surface area contributed by atoms with Crippen LogP contribution < -0.4 is 9.47 Å². The molecular formula is C25H22N2O4. The lowest BCUT2D eigenvalue weighted by molar-refractivity contribution is 0.0697. The van der Waals surface area contributed by atoms with Crippen LogP contribution in [0.3, 0.4) is 0 Å². The van der Waals surface area contributed by atoms with Gasteiger partial charge < -0.3 is 19.1 Å². The van der Waals surface area contributed by atoms with Crippen molar-refractivity contribution < 1.29 is 19.4 Å². The van der Waals surface area contributed by atoms with Crippen molar-refractivity contribution in [2.45, 2.75) is 6.10 Å². The molecule has 6 heteroatoms. The lowest BCUT2D eigenvalue weighted by Crippen LogP contribution is -2.06. The van der Waals surface area contributed by atoms with Crippen molar-refractivity contribution in [2.24, 2.45) is 7.05 Å². The van der Waals surface area contributed by atoms with E-state index < -0.39 is 12.1 Å². The average molecular weight is 414 g/mol. The second-order valence-electron chi connectivity index (χ2n) is 7.02. The zero-order chi connectivity index (χ0) is 21.8. The van der Waals surface area contributed by atoms with Gasteiger partial charge in [-0.3, -0.25) is 0 Å². The standard InChI is InChI=1S/C25H22N2O4/c1-27-22-6-4-3-5-21(22)26-24(27)16-15-23(17-7-11-19(30-2)12-8-17)31-20-13-9-18(10-14-20)25(28)29/h3-16,23H,1-2H3,(H,28,29). The molecule has 31 heavy (non-hydrogen) atoms. The molecule has 1 heterocycles. The van der Waals surface area contributed by atoms with E-state index in [1.54, 1.807) is 19.2 Å². The van der Waals surface area contributed by atoms with Crippen molar-refractivity contribution in [1.29, 1.82) is 0 Å². The maximum atomic E-state index is 11.1. The number of aryl methyl sites for hydroxylation is 1. The molecule has 0 radical (unpaired) electrons. The molecule has 0 fully saturated rings. The maximum Gasteiger partial charge on any atom is 0.335 e. The van der Waals surface area contributed by atoms with Gasteiger partial charge in [0.05, 0.1) is 23.7 Å². The highest BCUT2D eigenvalue weighted by Gasteiger charge is 2.13. The fourth-order valence-corrected chi connectivity index (χ4v) is 3.32. The van der Waals surface area contributed by atoms with Gasteiger partial charge in [-0.2, -0.15) is 0 Å². The predicted molar refractivity (Wildman–Crippen MR) is 120 cm³/mol. The lowest BCUT2D eigenvalue weighted by atomic mass is 10.1. The molecular weight excluding hydrogens is 392 g/mol. The molecule has 0 spiro atoms. The number of ether oxygens (including phenoxy) is 2. The maximum absolute atomic E-state index is 11.1. The molecule has 1 atom stereocenters. The smallest absolute Gasteiger partial charge is 0.335 e. The van der Waals surface area contributed by atoms with Crippen molar-refractivity contribution in [2.75, 3.05) is 7.11 Å². The van der Waals surface area contributed by atoms with Crippen LogP contribution in [0.4, 0.5) is 0 Å². The zero-order valence-electron chi connectivity index (χ0n) is 17.2. The summed E-state index contributed by atoms with van der Waals surface area (Å²) in [6.45, 7) is 0. The molecule has 6 nitrogen and oxygen atoms in total. The number of aromatic nitrogens is 2. The quantitative estimate of drug-likeness (QED) is 0.455. The van der Waals surface area contributed by atoms with Crippen molar-refractivity contribution in [3.05, 3.63) is 95.8 Å². The van der Waals surface area contributed by atoms with Crippen molar-refractivity contribution in [3.8, 4) is 11.5 Å². The summed E-state index contributed by atoms with van der Waals surface area (Å²) in [6.07, 6.45) is 3.47. The Kier molecular flexibility index (Phi) is 5.71. The van der Waals surface area contributed by atoms with Gasteiger partial charge in [0.2, 0.25) is 0 Å². The van der Waals surface area contributed by atoms with Gasteiger partial charge in [-0.05, 0) is 66.2 Å². The van der Waals surface area contributed by atoms with E-state index in [-0.39, 0.29) is 5.56 Å². The Morgan fingerprint density at radius 2 is 1.68 bits per heavy atom. The van der Waals surface area contributed by atoms with Crippen LogP contribution in [0.15, 0.2) is 78.9 Å². The molecule has 0 aliphatic carbocycles. The van der Waals surface area contributed by atoms with E-state index in [0.29, 0.717) is 5.75 Å². The summed E-state index contributed by atoms with van der Waals surface area (Å²) in [5, 5.41) is 9.11. The number of benzene rings is 3. The summed E-state index contributed by atoms with van der Waals surface area (Å²) in [4.78, 5) is 15.8. The molecule has 1 unspecified atom stereocenters. The second kappa shape index (κ2) is 8.75. The number of aromatic carboxylic acids is 1. The van der Waals surface area contributed by atoms with Crippen LogP contribution in [-0.2, 0) is 7.05 Å². The first-order chi connectivity index (χ1) is 15.0. The summed E-state index contributed by atoms with van der Waals surface area (Å²) in [7, 11) is 3.60. The summed E-state index contributed by atoms with van der Waals surface area (Å²) in [5.41, 5.74) is 3.12. The minimum Gasteiger partial charge on any atom is -0.497 e. The molecule has 1 aromatic heterocycles. The number of para-hydroxylation sites is 2. The monoisotopic (exact) mass is 414 g/mol. The Bertz CT molecular complexity index is 1220. The van der Waals surface area contributed by atoms with Gasteiger partial charge >= 0.3 is 5.97 Å². The highest BCUT2D eigenvalue weighted by Crippen LogP contribution is 2.26. The number of methoxy groups -OCH3 is 1. The summed E-state index contributed by atoms with van der Waals surface area (Å²) < 4.78 is 13.5. The predicted octanol–water partition coefficient (Wildman–Crippen LogP) is 5.11. The molecule has 0 amide bonds. The topological polar surface area (TPSA) is 73.6 Å². The van der Waals surface area contributed by atoms with Crippen LogP contribution in [0.5, 0.6) is 11.5 Å². The second-order valence-corrected chi connectivity index (χ2v) is 7.02. The van der Waals surface area contributed by atoms with Crippen molar-refractivity contribution >= 4 is 23.1 Å². The molecule has 0 aliphatic rings. The minimum absolute atomic E-state index is 0.212. The summed E-state index contributed by atoms with van der Waals surface area (Å²) in [6, 6.07) is 22.0. The molecule has 4 rings (SSSR count). The highest BCUT2D eigenvalue weighted by atomic mass is 16.5. The first-order valence-corrected chi connectivity index (χ1v) is 9.79. The number of hydrogen-bond acceptors (Lipinski definition) is 4. The van der Waals surface area contributed by atoms with Gasteiger partial charge in [0.1, 0.15) is 23.4 Å². The average Bonchev–Trinajstić information content (AvgIpc) is 3.12. The number of carboxylic acid groups (broad SMARTS) is 1. The van der Waals surface area contributed by atoms with E-state index >= 15 is 0 Å². The Hall–Kier alpha value is -4.06. The van der Waals surface area contributed by atoms with Crippen LogP contribution in [0.25, 0.3) is 17.1 Å². The molecule has 0 saturated carbocycles. The van der Waals surface area contributed by atoms with Crippen molar-refractivity contribution in [1.82, 2.24) is 9.55 Å². The van der Waals surface area contributed by atoms with Gasteiger partial charge in [-0.25, -0.2) is 9.78 Å². The summed E-state index contributed by atoms with van der Waals surface area (Å²) in [5.74, 6) is 1.16. The van der Waals surface area contributed by atoms with Gasteiger partial charge in [-0.1, -0.05) is 24.3 Å². The molecule has 1 N–H and O–H groups in total.